The first-order valence-electron chi connectivity index (χ1n) is 31.3. The van der Waals surface area contributed by atoms with Gasteiger partial charge in [0.1, 0.15) is 0 Å². The summed E-state index contributed by atoms with van der Waals surface area (Å²) in [6.45, 7) is 0. The van der Waals surface area contributed by atoms with Gasteiger partial charge in [-0.3, -0.25) is 0 Å². The second-order valence-corrected chi connectivity index (χ2v) is 23.6. The van der Waals surface area contributed by atoms with Crippen molar-refractivity contribution in [1.82, 2.24) is 19.9 Å². The van der Waals surface area contributed by atoms with Crippen molar-refractivity contribution in [3.8, 4) is 89.8 Å². The SMILES string of the molecule is c1ccc(-c2nc(-c3ccc(-c4cccc(-c5ccc6c7ccccc7c7ccccc7c6c5)c4)cc3)nc3ccccc23)cc1.c1ccc(-c2nc(-c3cccc(-c4cccc(-c5ccc6c7ccccc7c7ccccc7c6c5)c4)c3)nc3ccccc23)cc1. The minimum atomic E-state index is 0.726. The van der Waals surface area contributed by atoms with Gasteiger partial charge in [0.15, 0.2) is 11.6 Å². The van der Waals surface area contributed by atoms with Crippen LogP contribution in [0.1, 0.15) is 0 Å². The Bertz CT molecular complexity index is 5810. The minimum Gasteiger partial charge on any atom is -0.228 e. The van der Waals surface area contributed by atoms with E-state index < -0.39 is 0 Å². The third-order valence-electron chi connectivity index (χ3n) is 18.1. The van der Waals surface area contributed by atoms with Crippen LogP contribution in [0, 0.1) is 0 Å². The first kappa shape index (κ1) is 54.0. The Morgan fingerprint density at radius 2 is 0.380 bits per heavy atom. The number of para-hydroxylation sites is 2. The van der Waals surface area contributed by atoms with Crippen LogP contribution in [0.15, 0.2) is 340 Å². The van der Waals surface area contributed by atoms with E-state index >= 15 is 0 Å². The van der Waals surface area contributed by atoms with Gasteiger partial charge < -0.3 is 0 Å². The summed E-state index contributed by atoms with van der Waals surface area (Å²) in [6, 6.07) is 121. The molecule has 0 atom stereocenters. The van der Waals surface area contributed by atoms with E-state index in [-0.39, 0.29) is 0 Å². The second kappa shape index (κ2) is 23.0. The lowest BCUT2D eigenvalue weighted by Crippen LogP contribution is -1.95. The van der Waals surface area contributed by atoms with E-state index in [1.54, 1.807) is 0 Å². The molecule has 2 aromatic heterocycles. The van der Waals surface area contributed by atoms with Gasteiger partial charge in [0.2, 0.25) is 0 Å². The van der Waals surface area contributed by atoms with Gasteiger partial charge in [-0.25, -0.2) is 19.9 Å². The van der Waals surface area contributed by atoms with E-state index in [1.807, 2.05) is 36.4 Å². The molecule has 4 nitrogen and oxygen atoms in total. The molecule has 0 N–H and O–H groups in total. The predicted molar refractivity (Wildman–Crippen MR) is 388 cm³/mol. The lowest BCUT2D eigenvalue weighted by Gasteiger charge is -2.13. The van der Waals surface area contributed by atoms with Gasteiger partial charge in [-0.2, -0.15) is 0 Å². The molecule has 428 valence electrons. The lowest BCUT2D eigenvalue weighted by molar-refractivity contribution is 1.23. The summed E-state index contributed by atoms with van der Waals surface area (Å²) in [6.07, 6.45) is 0. The summed E-state index contributed by atoms with van der Waals surface area (Å²) in [7, 11) is 0. The Labute approximate surface area is 532 Å². The van der Waals surface area contributed by atoms with Crippen molar-refractivity contribution >= 4 is 86.4 Å². The second-order valence-electron chi connectivity index (χ2n) is 23.6. The molecular weight excluding hydrogens is 1110 g/mol. The molecule has 0 saturated carbocycles. The highest BCUT2D eigenvalue weighted by Crippen LogP contribution is 2.41. The maximum atomic E-state index is 5.11. The number of fused-ring (bicyclic) bond motifs is 14. The normalized spacial score (nSPS) is 11.5. The molecule has 4 heteroatoms. The molecule has 2 heterocycles. The van der Waals surface area contributed by atoms with E-state index in [1.165, 1.54) is 92.5 Å². The number of nitrogens with zero attached hydrogens (tertiary/aromatic N) is 4. The average Bonchev–Trinajstić information content (AvgIpc) is 0.777. The molecule has 18 aromatic rings. The molecule has 16 aromatic carbocycles. The van der Waals surface area contributed by atoms with Crippen LogP contribution in [0.25, 0.3) is 176 Å². The molecule has 0 aliphatic rings. The van der Waals surface area contributed by atoms with Gasteiger partial charge in [0, 0.05) is 33.0 Å². The Balaban J connectivity index is 0.000000141. The maximum Gasteiger partial charge on any atom is 0.160 e. The van der Waals surface area contributed by atoms with E-state index in [0.717, 1.165) is 83.8 Å². The zero-order valence-corrected chi connectivity index (χ0v) is 50.1. The molecule has 0 unspecified atom stereocenters. The van der Waals surface area contributed by atoms with E-state index in [4.69, 9.17) is 19.9 Å². The van der Waals surface area contributed by atoms with Gasteiger partial charge in [-0.05, 0) is 152 Å². The summed E-state index contributed by atoms with van der Waals surface area (Å²) < 4.78 is 0. The molecule has 0 spiro atoms. The Hall–Kier alpha value is -12.2. The van der Waals surface area contributed by atoms with Crippen molar-refractivity contribution in [2.75, 3.05) is 0 Å². The first-order chi connectivity index (χ1) is 45.6. The number of hydrogen-bond acceptors (Lipinski definition) is 4. The van der Waals surface area contributed by atoms with Crippen molar-refractivity contribution in [2.24, 2.45) is 0 Å². The summed E-state index contributed by atoms with van der Waals surface area (Å²) in [5.41, 5.74) is 17.4. The molecule has 18 rings (SSSR count). The Kier molecular flexibility index (Phi) is 13.5. The predicted octanol–water partition coefficient (Wildman–Crippen LogP) is 23.5. The topological polar surface area (TPSA) is 51.6 Å². The maximum absolute atomic E-state index is 5.11. The van der Waals surface area contributed by atoms with Crippen molar-refractivity contribution in [3.63, 3.8) is 0 Å². The largest absolute Gasteiger partial charge is 0.228 e. The highest BCUT2D eigenvalue weighted by Gasteiger charge is 2.17. The number of hydrogen-bond donors (Lipinski definition) is 0. The summed E-state index contributed by atoms with van der Waals surface area (Å²) in [5, 5.41) is 17.6. The monoisotopic (exact) mass is 1170 g/mol. The third-order valence-corrected chi connectivity index (χ3v) is 18.1. The van der Waals surface area contributed by atoms with Crippen LogP contribution >= 0.6 is 0 Å². The fourth-order valence-corrected chi connectivity index (χ4v) is 13.6. The molecule has 0 saturated heterocycles. The zero-order chi connectivity index (χ0) is 60.9. The van der Waals surface area contributed by atoms with Crippen molar-refractivity contribution in [2.45, 2.75) is 0 Å². The smallest absolute Gasteiger partial charge is 0.160 e. The van der Waals surface area contributed by atoms with E-state index in [0.29, 0.717) is 0 Å². The molecule has 0 aliphatic heterocycles. The van der Waals surface area contributed by atoms with Crippen LogP contribution in [-0.2, 0) is 0 Å². The molecule has 0 amide bonds. The highest BCUT2D eigenvalue weighted by molar-refractivity contribution is 6.27. The van der Waals surface area contributed by atoms with Crippen LogP contribution in [-0.4, -0.2) is 19.9 Å². The summed E-state index contributed by atoms with van der Waals surface area (Å²) >= 11 is 0. The van der Waals surface area contributed by atoms with Crippen LogP contribution in [0.2, 0.25) is 0 Å². The average molecular weight is 1170 g/mol. The minimum absolute atomic E-state index is 0.726. The molecule has 0 bridgehead atoms. The fraction of sp³-hybridized carbons (Fsp3) is 0. The van der Waals surface area contributed by atoms with Crippen molar-refractivity contribution in [3.05, 3.63) is 340 Å². The van der Waals surface area contributed by atoms with Crippen molar-refractivity contribution in [1.29, 1.82) is 0 Å². The standard InChI is InChI=1S/2C44H28N2/c1-2-12-29(13-3-1)43-40-22-8-9-23-42(40)45-44(46-43)34-17-11-16-32(27-34)30-14-10-15-31(26-30)33-24-25-39-37-20-5-4-18-35(37)36-19-6-7-21-38(36)41(39)28-33;1-2-11-30(12-3-1)43-40-19-8-9-20-42(40)45-44(46-43)31-23-21-29(22-24-31)32-13-10-14-33(27-32)34-25-26-39-37-17-5-4-15-35(37)36-16-6-7-18-38(36)41(39)28-34/h2*1-28H. The number of benzene rings is 16. The number of aromatic nitrogens is 4. The Morgan fingerprint density at radius 3 is 0.772 bits per heavy atom. The van der Waals surface area contributed by atoms with Gasteiger partial charge >= 0.3 is 0 Å². The molecule has 0 radical (unpaired) electrons. The van der Waals surface area contributed by atoms with Gasteiger partial charge in [0.05, 0.1) is 22.4 Å². The third kappa shape index (κ3) is 9.84. The van der Waals surface area contributed by atoms with Crippen molar-refractivity contribution < 1.29 is 0 Å². The summed E-state index contributed by atoms with van der Waals surface area (Å²) in [5.74, 6) is 1.46. The first-order valence-corrected chi connectivity index (χ1v) is 31.3. The quantitative estimate of drug-likeness (QED) is 0.142. The highest BCUT2D eigenvalue weighted by atomic mass is 14.9. The molecular formula is C88H56N4. The number of rotatable bonds is 8. The lowest BCUT2D eigenvalue weighted by atomic mass is 9.91. The van der Waals surface area contributed by atoms with Crippen LogP contribution < -0.4 is 0 Å². The van der Waals surface area contributed by atoms with Crippen LogP contribution in [0.5, 0.6) is 0 Å². The van der Waals surface area contributed by atoms with E-state index in [9.17, 15) is 0 Å². The van der Waals surface area contributed by atoms with Crippen LogP contribution in [0.4, 0.5) is 0 Å². The fourth-order valence-electron chi connectivity index (χ4n) is 13.6. The molecule has 0 fully saturated rings. The molecule has 0 aliphatic carbocycles. The van der Waals surface area contributed by atoms with Gasteiger partial charge in [0.25, 0.3) is 0 Å². The molecule has 92 heavy (non-hydrogen) atoms. The van der Waals surface area contributed by atoms with Gasteiger partial charge in [-0.1, -0.05) is 297 Å². The Morgan fingerprint density at radius 1 is 0.130 bits per heavy atom. The van der Waals surface area contributed by atoms with Gasteiger partial charge in [-0.15, -0.1) is 0 Å². The summed E-state index contributed by atoms with van der Waals surface area (Å²) in [4.78, 5) is 20.1. The van der Waals surface area contributed by atoms with Crippen LogP contribution in [0.3, 0.4) is 0 Å². The van der Waals surface area contributed by atoms with E-state index in [2.05, 4.69) is 303 Å². The zero-order valence-electron chi connectivity index (χ0n) is 50.1.